The summed E-state index contributed by atoms with van der Waals surface area (Å²) in [6.45, 7) is 2.00. The Labute approximate surface area is 105 Å². The molecule has 16 heavy (non-hydrogen) atoms. The van der Waals surface area contributed by atoms with E-state index in [1.807, 2.05) is 6.92 Å². The average molecular weight is 270 g/mol. The molecule has 92 valence electrons. The van der Waals surface area contributed by atoms with Crippen molar-refractivity contribution in [2.24, 2.45) is 5.73 Å². The van der Waals surface area contributed by atoms with E-state index in [0.29, 0.717) is 6.42 Å². The molecule has 0 amide bonds. The zero-order valence-corrected chi connectivity index (χ0v) is 10.5. The van der Waals surface area contributed by atoms with Crippen LogP contribution < -0.4 is 5.73 Å². The number of nitrogens with two attached hydrogens (primary N) is 1. The zero-order chi connectivity index (χ0) is 11.4. The van der Waals surface area contributed by atoms with E-state index < -0.39 is 17.7 Å². The summed E-state index contributed by atoms with van der Waals surface area (Å²) in [5.41, 5.74) is 5.65. The van der Waals surface area contributed by atoms with Gasteiger partial charge < -0.3 is 5.73 Å². The summed E-state index contributed by atoms with van der Waals surface area (Å²) in [5.74, 6) is -1.33. The summed E-state index contributed by atoms with van der Waals surface area (Å²) >= 11 is 5.51. The number of unbranched alkanes of at least 4 members (excludes halogenated alkanes) is 1. The Balaban J connectivity index is 0.00000225. The molecule has 0 saturated heterocycles. The van der Waals surface area contributed by atoms with Crippen LogP contribution in [-0.2, 0) is 0 Å². The van der Waals surface area contributed by atoms with E-state index in [0.717, 1.165) is 25.0 Å². The highest BCUT2D eigenvalue weighted by Crippen LogP contribution is 2.26. The minimum absolute atomic E-state index is 0. The number of hydrogen-bond donors (Lipinski definition) is 1. The molecule has 0 aromatic heterocycles. The Kier molecular flexibility index (Phi) is 6.88. The first-order valence-corrected chi connectivity index (χ1v) is 5.34. The second kappa shape index (κ2) is 7.05. The molecule has 1 rings (SSSR count). The van der Waals surface area contributed by atoms with Gasteiger partial charge in [0.15, 0.2) is 0 Å². The van der Waals surface area contributed by atoms with Crippen LogP contribution in [0.25, 0.3) is 0 Å². The maximum atomic E-state index is 13.4. The normalized spacial score (nSPS) is 12.1. The van der Waals surface area contributed by atoms with Crippen molar-refractivity contribution in [3.63, 3.8) is 0 Å². The van der Waals surface area contributed by atoms with E-state index in [2.05, 4.69) is 0 Å². The van der Waals surface area contributed by atoms with Gasteiger partial charge in [0.1, 0.15) is 11.6 Å². The van der Waals surface area contributed by atoms with Gasteiger partial charge in [0.2, 0.25) is 0 Å². The summed E-state index contributed by atoms with van der Waals surface area (Å²) < 4.78 is 26.8. The lowest BCUT2D eigenvalue weighted by Crippen LogP contribution is -2.14. The molecule has 0 fully saturated rings. The summed E-state index contributed by atoms with van der Waals surface area (Å²) in [7, 11) is 0. The first-order chi connectivity index (χ1) is 7.06. The van der Waals surface area contributed by atoms with Crippen molar-refractivity contribution in [2.45, 2.75) is 32.2 Å². The maximum absolute atomic E-state index is 13.4. The largest absolute Gasteiger partial charge is 0.324 e. The van der Waals surface area contributed by atoms with Crippen molar-refractivity contribution in [1.82, 2.24) is 0 Å². The molecule has 0 radical (unpaired) electrons. The van der Waals surface area contributed by atoms with Gasteiger partial charge in [-0.1, -0.05) is 31.4 Å². The van der Waals surface area contributed by atoms with Crippen LogP contribution >= 0.6 is 24.0 Å². The quantitative estimate of drug-likeness (QED) is 0.870. The predicted octanol–water partition coefficient (Wildman–Crippen LogP) is 4.23. The maximum Gasteiger partial charge on any atom is 0.132 e. The highest BCUT2D eigenvalue weighted by atomic mass is 35.5. The summed E-state index contributed by atoms with van der Waals surface area (Å²) in [6.07, 6.45) is 2.37. The van der Waals surface area contributed by atoms with Crippen molar-refractivity contribution in [3.8, 4) is 0 Å². The van der Waals surface area contributed by atoms with Gasteiger partial charge in [-0.05, 0) is 18.6 Å². The average Bonchev–Trinajstić information content (AvgIpc) is 2.12. The van der Waals surface area contributed by atoms with Crippen LogP contribution in [0.3, 0.4) is 0 Å². The van der Waals surface area contributed by atoms with Crippen LogP contribution in [0, 0.1) is 11.6 Å². The second-order valence-corrected chi connectivity index (χ2v) is 3.97. The molecule has 0 unspecified atom stereocenters. The van der Waals surface area contributed by atoms with Gasteiger partial charge in [0.25, 0.3) is 0 Å². The molecule has 0 bridgehead atoms. The molecule has 0 heterocycles. The summed E-state index contributed by atoms with van der Waals surface area (Å²) in [5, 5.41) is 0.0523. The lowest BCUT2D eigenvalue weighted by atomic mass is 10.0. The molecule has 1 aromatic carbocycles. The Morgan fingerprint density at radius 2 is 1.81 bits per heavy atom. The Hall–Kier alpha value is -0.380. The van der Waals surface area contributed by atoms with Gasteiger partial charge in [-0.15, -0.1) is 12.4 Å². The summed E-state index contributed by atoms with van der Waals surface area (Å²) in [6, 6.07) is 1.58. The first-order valence-electron chi connectivity index (χ1n) is 4.96. The third-order valence-electron chi connectivity index (χ3n) is 2.28. The minimum Gasteiger partial charge on any atom is -0.324 e. The van der Waals surface area contributed by atoms with Crippen LogP contribution in [0.4, 0.5) is 8.78 Å². The number of benzene rings is 1. The van der Waals surface area contributed by atoms with Crippen molar-refractivity contribution in [2.75, 3.05) is 0 Å². The van der Waals surface area contributed by atoms with Crippen LogP contribution in [0.1, 0.15) is 37.8 Å². The first kappa shape index (κ1) is 15.6. The molecule has 1 atom stereocenters. The molecule has 1 nitrogen and oxygen atoms in total. The Morgan fingerprint density at radius 3 is 2.25 bits per heavy atom. The third kappa shape index (κ3) is 3.89. The highest BCUT2D eigenvalue weighted by molar-refractivity contribution is 6.30. The monoisotopic (exact) mass is 269 g/mol. The lowest BCUT2D eigenvalue weighted by Gasteiger charge is -2.13. The molecule has 0 aliphatic rings. The van der Waals surface area contributed by atoms with Crippen molar-refractivity contribution < 1.29 is 8.78 Å². The fourth-order valence-electron chi connectivity index (χ4n) is 1.48. The van der Waals surface area contributed by atoms with E-state index in [9.17, 15) is 8.78 Å². The standard InChI is InChI=1S/C11H14ClF2N.ClH/c1-2-3-4-10(15)11-8(13)5-7(12)6-9(11)14;/h5-6,10H,2-4,15H2,1H3;1H/t10-;/m1./s1. The molecular formula is C11H15Cl2F2N. The molecule has 0 aliphatic carbocycles. The smallest absolute Gasteiger partial charge is 0.132 e. The lowest BCUT2D eigenvalue weighted by molar-refractivity contribution is 0.502. The minimum atomic E-state index is -0.663. The SMILES string of the molecule is CCCC[C@@H](N)c1c(F)cc(Cl)cc1F.Cl. The molecule has 5 heteroatoms. The number of hydrogen-bond acceptors (Lipinski definition) is 1. The van der Waals surface area contributed by atoms with E-state index in [-0.39, 0.29) is 23.0 Å². The summed E-state index contributed by atoms with van der Waals surface area (Å²) in [4.78, 5) is 0. The van der Waals surface area contributed by atoms with E-state index in [1.54, 1.807) is 0 Å². The van der Waals surface area contributed by atoms with E-state index in [1.165, 1.54) is 0 Å². The van der Waals surface area contributed by atoms with Gasteiger partial charge in [-0.2, -0.15) is 0 Å². The van der Waals surface area contributed by atoms with Gasteiger partial charge in [-0.3, -0.25) is 0 Å². The molecular weight excluding hydrogens is 255 g/mol. The second-order valence-electron chi connectivity index (χ2n) is 3.53. The molecule has 1 aromatic rings. The third-order valence-corrected chi connectivity index (χ3v) is 2.50. The number of halogens is 4. The van der Waals surface area contributed by atoms with Gasteiger partial charge >= 0.3 is 0 Å². The van der Waals surface area contributed by atoms with Crippen LogP contribution in [0.15, 0.2) is 12.1 Å². The van der Waals surface area contributed by atoms with E-state index >= 15 is 0 Å². The molecule has 0 saturated carbocycles. The molecule has 0 aliphatic heterocycles. The predicted molar refractivity (Wildman–Crippen MR) is 65.1 cm³/mol. The fourth-order valence-corrected chi connectivity index (χ4v) is 1.67. The topological polar surface area (TPSA) is 26.0 Å². The molecule has 0 spiro atoms. The van der Waals surface area contributed by atoms with Gasteiger partial charge in [-0.25, -0.2) is 8.78 Å². The van der Waals surface area contributed by atoms with Crippen LogP contribution in [0.2, 0.25) is 5.02 Å². The Bertz CT molecular complexity index is 322. The van der Waals surface area contributed by atoms with Crippen molar-refractivity contribution >= 4 is 24.0 Å². The van der Waals surface area contributed by atoms with Gasteiger partial charge in [0.05, 0.1) is 0 Å². The zero-order valence-electron chi connectivity index (χ0n) is 8.97. The van der Waals surface area contributed by atoms with Crippen molar-refractivity contribution in [3.05, 3.63) is 34.4 Å². The Morgan fingerprint density at radius 1 is 1.31 bits per heavy atom. The van der Waals surface area contributed by atoms with Crippen molar-refractivity contribution in [1.29, 1.82) is 0 Å². The fraction of sp³-hybridized carbons (Fsp3) is 0.455. The van der Waals surface area contributed by atoms with E-state index in [4.69, 9.17) is 17.3 Å². The number of rotatable bonds is 4. The highest BCUT2D eigenvalue weighted by Gasteiger charge is 2.17. The molecule has 2 N–H and O–H groups in total. The van der Waals surface area contributed by atoms with Crippen LogP contribution in [-0.4, -0.2) is 0 Å². The van der Waals surface area contributed by atoms with Gasteiger partial charge in [0, 0.05) is 16.6 Å². The van der Waals surface area contributed by atoms with Crippen LogP contribution in [0.5, 0.6) is 0 Å².